The number of ether oxygens (including phenoxy) is 1. The number of halogens is 2. The summed E-state index contributed by atoms with van der Waals surface area (Å²) in [5, 5.41) is 0. The van der Waals surface area contributed by atoms with Gasteiger partial charge in [-0.05, 0) is 30.3 Å². The molecule has 29 heavy (non-hydrogen) atoms. The summed E-state index contributed by atoms with van der Waals surface area (Å²) in [5.41, 5.74) is 1.32. The molecule has 0 spiro atoms. The quantitative estimate of drug-likeness (QED) is 0.764. The number of sulfonamides is 1. The lowest BCUT2D eigenvalue weighted by atomic mass is 10.1. The van der Waals surface area contributed by atoms with Gasteiger partial charge in [0.1, 0.15) is 12.4 Å². The van der Waals surface area contributed by atoms with Crippen LogP contribution in [-0.4, -0.2) is 56.3 Å². The third kappa shape index (κ3) is 3.75. The van der Waals surface area contributed by atoms with Gasteiger partial charge in [0.05, 0.1) is 10.5 Å². The van der Waals surface area contributed by atoms with Crippen molar-refractivity contribution in [3.05, 3.63) is 65.2 Å². The fourth-order valence-electron chi connectivity index (χ4n) is 3.36. The summed E-state index contributed by atoms with van der Waals surface area (Å²) in [5.74, 6) is -1.82. The Labute approximate surface area is 167 Å². The number of fused-ring (bicyclic) bond motifs is 1. The third-order valence-electron chi connectivity index (χ3n) is 4.96. The Morgan fingerprint density at radius 2 is 1.69 bits per heavy atom. The van der Waals surface area contributed by atoms with Crippen molar-refractivity contribution >= 4 is 22.0 Å². The second-order valence-corrected chi connectivity index (χ2v) is 8.71. The fraction of sp³-hybridized carbons (Fsp3) is 0.250. The topological polar surface area (TPSA) is 66.9 Å². The highest BCUT2D eigenvalue weighted by atomic mass is 32.2. The second-order valence-electron chi connectivity index (χ2n) is 6.77. The molecule has 0 bridgehead atoms. The van der Waals surface area contributed by atoms with Crippen LogP contribution in [0.2, 0.25) is 0 Å². The van der Waals surface area contributed by atoms with E-state index < -0.39 is 21.7 Å². The van der Waals surface area contributed by atoms with Crippen molar-refractivity contribution in [1.29, 1.82) is 0 Å². The third-order valence-corrected chi connectivity index (χ3v) is 6.86. The predicted molar refractivity (Wildman–Crippen MR) is 102 cm³/mol. The Balaban J connectivity index is 1.45. The van der Waals surface area contributed by atoms with E-state index in [0.29, 0.717) is 17.4 Å². The van der Waals surface area contributed by atoms with Crippen molar-refractivity contribution in [3.63, 3.8) is 0 Å². The normalized spacial score (nSPS) is 17.3. The molecule has 9 heteroatoms. The largest absolute Gasteiger partial charge is 0.488 e. The SMILES string of the molecule is O=C(C1=Cc2ccccc2OC1)N1CCN(S(=O)(=O)c2ccc(F)c(F)c2)CC1. The Kier molecular flexibility index (Phi) is 5.10. The molecule has 152 valence electrons. The van der Waals surface area contributed by atoms with Gasteiger partial charge in [0.25, 0.3) is 5.91 Å². The van der Waals surface area contributed by atoms with E-state index in [4.69, 9.17) is 4.74 Å². The molecular formula is C20H18F2N2O4S. The van der Waals surface area contributed by atoms with Crippen LogP contribution in [0.4, 0.5) is 8.78 Å². The van der Waals surface area contributed by atoms with E-state index in [0.717, 1.165) is 17.7 Å². The van der Waals surface area contributed by atoms with Crippen molar-refractivity contribution in [2.24, 2.45) is 0 Å². The van der Waals surface area contributed by atoms with Crippen LogP contribution in [0, 0.1) is 11.6 Å². The molecule has 1 saturated heterocycles. The van der Waals surface area contributed by atoms with Crippen molar-refractivity contribution in [3.8, 4) is 5.75 Å². The highest BCUT2D eigenvalue weighted by Crippen LogP contribution is 2.27. The molecule has 0 saturated carbocycles. The van der Waals surface area contributed by atoms with Gasteiger partial charge >= 0.3 is 0 Å². The smallest absolute Gasteiger partial charge is 0.253 e. The Bertz CT molecular complexity index is 1090. The van der Waals surface area contributed by atoms with E-state index in [1.54, 1.807) is 11.0 Å². The minimum Gasteiger partial charge on any atom is -0.488 e. The molecule has 0 unspecified atom stereocenters. The van der Waals surface area contributed by atoms with Gasteiger partial charge < -0.3 is 9.64 Å². The van der Waals surface area contributed by atoms with Crippen LogP contribution in [-0.2, 0) is 14.8 Å². The maximum atomic E-state index is 13.4. The van der Waals surface area contributed by atoms with Gasteiger partial charge in [-0.2, -0.15) is 4.31 Å². The van der Waals surface area contributed by atoms with Gasteiger partial charge in [-0.1, -0.05) is 18.2 Å². The van der Waals surface area contributed by atoms with E-state index in [9.17, 15) is 22.0 Å². The summed E-state index contributed by atoms with van der Waals surface area (Å²) >= 11 is 0. The van der Waals surface area contributed by atoms with Crippen molar-refractivity contribution in [2.75, 3.05) is 32.8 Å². The van der Waals surface area contributed by atoms with Gasteiger partial charge in [0.15, 0.2) is 11.6 Å². The van der Waals surface area contributed by atoms with Gasteiger partial charge in [-0.25, -0.2) is 17.2 Å². The Hall–Kier alpha value is -2.78. The van der Waals surface area contributed by atoms with Crippen molar-refractivity contribution in [1.82, 2.24) is 9.21 Å². The van der Waals surface area contributed by atoms with E-state index in [2.05, 4.69) is 0 Å². The first-order chi connectivity index (χ1) is 13.9. The van der Waals surface area contributed by atoms with E-state index in [-0.39, 0.29) is 43.6 Å². The molecule has 0 aromatic heterocycles. The van der Waals surface area contributed by atoms with Crippen LogP contribution < -0.4 is 4.74 Å². The highest BCUT2D eigenvalue weighted by Gasteiger charge is 2.32. The van der Waals surface area contributed by atoms with Crippen LogP contribution in [0.3, 0.4) is 0 Å². The lowest BCUT2D eigenvalue weighted by molar-refractivity contribution is -0.128. The number of para-hydroxylation sites is 1. The zero-order chi connectivity index (χ0) is 20.6. The monoisotopic (exact) mass is 420 g/mol. The van der Waals surface area contributed by atoms with Crippen molar-refractivity contribution in [2.45, 2.75) is 4.90 Å². The second kappa shape index (κ2) is 7.57. The minimum absolute atomic E-state index is 0.0673. The molecule has 1 fully saturated rings. The summed E-state index contributed by atoms with van der Waals surface area (Å²) in [6, 6.07) is 9.88. The molecule has 2 aromatic rings. The van der Waals surface area contributed by atoms with Gasteiger partial charge in [0, 0.05) is 31.7 Å². The first kappa shape index (κ1) is 19.5. The standard InChI is InChI=1S/C20H18F2N2O4S/c21-17-6-5-16(12-18(17)22)29(26,27)24-9-7-23(8-10-24)20(25)15-11-14-3-1-2-4-19(14)28-13-15/h1-6,11-12H,7-10,13H2. The summed E-state index contributed by atoms with van der Waals surface area (Å²) in [6.45, 7) is 0.681. The lowest BCUT2D eigenvalue weighted by Crippen LogP contribution is -2.51. The molecule has 2 aromatic carbocycles. The number of rotatable bonds is 3. The fourth-order valence-corrected chi connectivity index (χ4v) is 4.80. The number of hydrogen-bond donors (Lipinski definition) is 0. The summed E-state index contributed by atoms with van der Waals surface area (Å²) in [4.78, 5) is 14.1. The molecule has 1 amide bonds. The predicted octanol–water partition coefficient (Wildman–Crippen LogP) is 2.27. The van der Waals surface area contributed by atoms with E-state index in [1.165, 1.54) is 4.31 Å². The molecule has 6 nitrogen and oxygen atoms in total. The van der Waals surface area contributed by atoms with Crippen molar-refractivity contribution < 1.29 is 26.7 Å². The molecule has 0 N–H and O–H groups in total. The average molecular weight is 420 g/mol. The minimum atomic E-state index is -3.97. The molecule has 0 radical (unpaired) electrons. The summed E-state index contributed by atoms with van der Waals surface area (Å²) < 4.78 is 58.6. The Morgan fingerprint density at radius 3 is 2.41 bits per heavy atom. The first-order valence-electron chi connectivity index (χ1n) is 9.03. The number of carbonyl (C=O) groups is 1. The molecule has 4 rings (SSSR count). The van der Waals surface area contributed by atoms with Gasteiger partial charge in [0.2, 0.25) is 10.0 Å². The Morgan fingerprint density at radius 1 is 0.966 bits per heavy atom. The van der Waals surface area contributed by atoms with Gasteiger partial charge in [-0.15, -0.1) is 0 Å². The maximum Gasteiger partial charge on any atom is 0.253 e. The van der Waals surface area contributed by atoms with Crippen LogP contribution in [0.25, 0.3) is 6.08 Å². The maximum absolute atomic E-state index is 13.4. The molecule has 0 aliphatic carbocycles. The zero-order valence-corrected chi connectivity index (χ0v) is 16.2. The first-order valence-corrected chi connectivity index (χ1v) is 10.5. The van der Waals surface area contributed by atoms with Crippen LogP contribution in [0.1, 0.15) is 5.56 Å². The zero-order valence-electron chi connectivity index (χ0n) is 15.3. The number of amides is 1. The van der Waals surface area contributed by atoms with E-state index >= 15 is 0 Å². The number of carbonyl (C=O) groups excluding carboxylic acids is 1. The van der Waals surface area contributed by atoms with Gasteiger partial charge in [-0.3, -0.25) is 4.79 Å². The summed E-state index contributed by atoms with van der Waals surface area (Å²) in [6.07, 6.45) is 1.78. The molecule has 0 atom stereocenters. The number of nitrogens with zero attached hydrogens (tertiary/aromatic N) is 2. The summed E-state index contributed by atoms with van der Waals surface area (Å²) in [7, 11) is -3.97. The average Bonchev–Trinajstić information content (AvgIpc) is 2.74. The molecule has 2 aliphatic heterocycles. The number of benzene rings is 2. The van der Waals surface area contributed by atoms with Crippen LogP contribution in [0.15, 0.2) is 52.9 Å². The van der Waals surface area contributed by atoms with E-state index in [1.807, 2.05) is 24.3 Å². The number of piperazine rings is 1. The van der Waals surface area contributed by atoms with Crippen LogP contribution in [0.5, 0.6) is 5.75 Å². The number of hydrogen-bond acceptors (Lipinski definition) is 4. The molecular weight excluding hydrogens is 402 g/mol. The lowest BCUT2D eigenvalue weighted by Gasteiger charge is -2.34. The molecule has 2 aliphatic rings. The molecule has 2 heterocycles. The highest BCUT2D eigenvalue weighted by molar-refractivity contribution is 7.89. The van der Waals surface area contributed by atoms with Crippen LogP contribution >= 0.6 is 0 Å².